The van der Waals surface area contributed by atoms with Crippen LogP contribution >= 0.6 is 0 Å². The van der Waals surface area contributed by atoms with Crippen LogP contribution in [0.2, 0.25) is 0 Å². The van der Waals surface area contributed by atoms with E-state index < -0.39 is 0 Å². The molecule has 0 unspecified atom stereocenters. The molecule has 0 radical (unpaired) electrons. The number of fused-ring (bicyclic) bond motifs is 1. The molecule has 19 heavy (non-hydrogen) atoms. The van der Waals surface area contributed by atoms with Crippen molar-refractivity contribution in [1.29, 1.82) is 0 Å². The van der Waals surface area contributed by atoms with Crippen molar-refractivity contribution >= 4 is 6.08 Å². The molecule has 2 nitrogen and oxygen atoms in total. The summed E-state index contributed by atoms with van der Waals surface area (Å²) in [7, 11) is 0. The highest BCUT2D eigenvalue weighted by Gasteiger charge is 2.13. The Bertz CT molecular complexity index is 629. The van der Waals surface area contributed by atoms with Gasteiger partial charge in [0.1, 0.15) is 13.2 Å². The van der Waals surface area contributed by atoms with Crippen LogP contribution in [0.4, 0.5) is 0 Å². The Balaban J connectivity index is 2.09. The lowest BCUT2D eigenvalue weighted by atomic mass is 9.96. The van der Waals surface area contributed by atoms with E-state index in [-0.39, 0.29) is 0 Å². The van der Waals surface area contributed by atoms with E-state index >= 15 is 0 Å². The minimum Gasteiger partial charge on any atom is -0.486 e. The molecule has 0 atom stereocenters. The lowest BCUT2D eigenvalue weighted by Crippen LogP contribution is -2.15. The normalized spacial score (nSPS) is 13.1. The summed E-state index contributed by atoms with van der Waals surface area (Å²) in [5.74, 6) is 1.65. The van der Waals surface area contributed by atoms with Crippen LogP contribution in [-0.4, -0.2) is 13.2 Å². The molecule has 2 aromatic carbocycles. The second-order valence-corrected chi connectivity index (χ2v) is 4.58. The molecular weight excluding hydrogens is 236 g/mol. The van der Waals surface area contributed by atoms with Gasteiger partial charge in [-0.2, -0.15) is 0 Å². The highest BCUT2D eigenvalue weighted by atomic mass is 16.6. The first-order valence-electron chi connectivity index (χ1n) is 6.41. The van der Waals surface area contributed by atoms with Crippen LogP contribution in [0.5, 0.6) is 11.5 Å². The zero-order valence-corrected chi connectivity index (χ0v) is 11.0. The van der Waals surface area contributed by atoms with Gasteiger partial charge < -0.3 is 9.47 Å². The van der Waals surface area contributed by atoms with Crippen molar-refractivity contribution in [3.8, 4) is 22.6 Å². The molecule has 1 aliphatic heterocycles. The first-order valence-corrected chi connectivity index (χ1v) is 6.41. The summed E-state index contributed by atoms with van der Waals surface area (Å²) in [4.78, 5) is 0. The second-order valence-electron chi connectivity index (χ2n) is 4.58. The van der Waals surface area contributed by atoms with E-state index in [9.17, 15) is 0 Å². The number of ether oxygens (including phenoxy) is 2. The number of hydrogen-bond donors (Lipinski definition) is 0. The average Bonchev–Trinajstić information content (AvgIpc) is 2.47. The molecule has 0 aromatic heterocycles. The fourth-order valence-corrected chi connectivity index (χ4v) is 2.40. The Hall–Kier alpha value is -2.22. The molecule has 1 aliphatic rings. The van der Waals surface area contributed by atoms with E-state index in [2.05, 4.69) is 37.8 Å². The maximum atomic E-state index is 5.64. The van der Waals surface area contributed by atoms with E-state index in [1.807, 2.05) is 18.2 Å². The quantitative estimate of drug-likeness (QED) is 0.802. The van der Waals surface area contributed by atoms with Crippen molar-refractivity contribution in [1.82, 2.24) is 0 Å². The predicted octanol–water partition coefficient (Wildman–Crippen LogP) is 4.08. The topological polar surface area (TPSA) is 18.5 Å². The number of hydrogen-bond acceptors (Lipinski definition) is 2. The van der Waals surface area contributed by atoms with Gasteiger partial charge in [0.2, 0.25) is 0 Å². The van der Waals surface area contributed by atoms with Gasteiger partial charge in [-0.3, -0.25) is 0 Å². The standard InChI is InChI=1S/C17H16O2/c1-3-13-5-4-6-15(12(13)2)14-7-8-16-17(11-14)19-10-9-18-16/h3-8,11H,1,9-10H2,2H3. The summed E-state index contributed by atoms with van der Waals surface area (Å²) in [6.45, 7) is 7.20. The molecule has 0 N–H and O–H groups in total. The third-order valence-corrected chi connectivity index (χ3v) is 3.45. The predicted molar refractivity (Wildman–Crippen MR) is 77.7 cm³/mol. The van der Waals surface area contributed by atoms with E-state index in [1.54, 1.807) is 0 Å². The van der Waals surface area contributed by atoms with Crippen molar-refractivity contribution in [2.45, 2.75) is 6.92 Å². The van der Waals surface area contributed by atoms with Crippen LogP contribution in [-0.2, 0) is 0 Å². The summed E-state index contributed by atoms with van der Waals surface area (Å²) in [5.41, 5.74) is 4.74. The smallest absolute Gasteiger partial charge is 0.161 e. The molecule has 0 saturated carbocycles. The summed E-state index contributed by atoms with van der Waals surface area (Å²) in [5, 5.41) is 0. The monoisotopic (exact) mass is 252 g/mol. The first-order chi connectivity index (χ1) is 9.29. The van der Waals surface area contributed by atoms with Gasteiger partial charge in [-0.15, -0.1) is 0 Å². The maximum absolute atomic E-state index is 5.64. The summed E-state index contributed by atoms with van der Waals surface area (Å²) in [6, 6.07) is 12.3. The Morgan fingerprint density at radius 1 is 1.05 bits per heavy atom. The van der Waals surface area contributed by atoms with Gasteiger partial charge in [0.15, 0.2) is 11.5 Å². The molecule has 0 fully saturated rings. The summed E-state index contributed by atoms with van der Waals surface area (Å²) >= 11 is 0. The Morgan fingerprint density at radius 3 is 2.63 bits per heavy atom. The van der Waals surface area contributed by atoms with Crippen molar-refractivity contribution in [2.75, 3.05) is 13.2 Å². The first kappa shape index (κ1) is 11.8. The third kappa shape index (κ3) is 2.10. The molecular formula is C17H16O2. The summed E-state index contributed by atoms with van der Waals surface area (Å²) < 4.78 is 11.2. The molecule has 1 heterocycles. The van der Waals surface area contributed by atoms with Crippen LogP contribution < -0.4 is 9.47 Å². The molecule has 0 amide bonds. The molecule has 0 bridgehead atoms. The summed E-state index contributed by atoms with van der Waals surface area (Å²) in [6.07, 6.45) is 1.89. The van der Waals surface area contributed by atoms with Crippen LogP contribution in [0.25, 0.3) is 17.2 Å². The Labute approximate surface area is 113 Å². The third-order valence-electron chi connectivity index (χ3n) is 3.45. The van der Waals surface area contributed by atoms with Crippen molar-refractivity contribution in [2.24, 2.45) is 0 Å². The van der Waals surface area contributed by atoms with Gasteiger partial charge in [0.05, 0.1) is 0 Å². The van der Waals surface area contributed by atoms with Gasteiger partial charge in [-0.1, -0.05) is 36.9 Å². The van der Waals surface area contributed by atoms with Crippen LogP contribution in [0.1, 0.15) is 11.1 Å². The molecule has 2 aromatic rings. The molecule has 0 spiro atoms. The molecule has 0 aliphatic carbocycles. The minimum atomic E-state index is 0.613. The lowest BCUT2D eigenvalue weighted by Gasteiger charge is -2.19. The van der Waals surface area contributed by atoms with E-state index in [1.165, 1.54) is 11.1 Å². The maximum Gasteiger partial charge on any atom is 0.161 e. The number of benzene rings is 2. The Morgan fingerprint density at radius 2 is 1.84 bits per heavy atom. The molecule has 0 saturated heterocycles. The van der Waals surface area contributed by atoms with Crippen LogP contribution in [0.15, 0.2) is 43.0 Å². The fourth-order valence-electron chi connectivity index (χ4n) is 2.40. The zero-order valence-electron chi connectivity index (χ0n) is 11.0. The highest BCUT2D eigenvalue weighted by Crippen LogP contribution is 2.36. The van der Waals surface area contributed by atoms with Crippen molar-refractivity contribution in [3.63, 3.8) is 0 Å². The zero-order chi connectivity index (χ0) is 13.2. The van der Waals surface area contributed by atoms with E-state index in [4.69, 9.17) is 9.47 Å². The SMILES string of the molecule is C=Cc1cccc(-c2ccc3c(c2)OCCO3)c1C. The van der Waals surface area contributed by atoms with Gasteiger partial charge in [-0.05, 0) is 41.3 Å². The van der Waals surface area contributed by atoms with Crippen molar-refractivity contribution < 1.29 is 9.47 Å². The van der Waals surface area contributed by atoms with Crippen LogP contribution in [0, 0.1) is 6.92 Å². The van der Waals surface area contributed by atoms with Crippen LogP contribution in [0.3, 0.4) is 0 Å². The Kier molecular flexibility index (Phi) is 3.00. The van der Waals surface area contributed by atoms with Gasteiger partial charge in [-0.25, -0.2) is 0 Å². The minimum absolute atomic E-state index is 0.613. The van der Waals surface area contributed by atoms with E-state index in [0.717, 1.165) is 22.6 Å². The van der Waals surface area contributed by atoms with Crippen molar-refractivity contribution in [3.05, 3.63) is 54.1 Å². The highest BCUT2D eigenvalue weighted by molar-refractivity contribution is 5.74. The fraction of sp³-hybridized carbons (Fsp3) is 0.176. The van der Waals surface area contributed by atoms with E-state index in [0.29, 0.717) is 13.2 Å². The largest absolute Gasteiger partial charge is 0.486 e. The van der Waals surface area contributed by atoms with Gasteiger partial charge >= 0.3 is 0 Å². The lowest BCUT2D eigenvalue weighted by molar-refractivity contribution is 0.171. The molecule has 2 heteroatoms. The average molecular weight is 252 g/mol. The second kappa shape index (κ2) is 4.81. The van der Waals surface area contributed by atoms with Gasteiger partial charge in [0.25, 0.3) is 0 Å². The molecule has 3 rings (SSSR count). The molecule has 96 valence electrons. The number of rotatable bonds is 2. The van der Waals surface area contributed by atoms with Gasteiger partial charge in [0, 0.05) is 0 Å².